The average Bonchev–Trinajstić information content (AvgIpc) is 2.67. The van der Waals surface area contributed by atoms with Gasteiger partial charge in [-0.1, -0.05) is 12.1 Å². The minimum Gasteiger partial charge on any atom is -0.493 e. The van der Waals surface area contributed by atoms with Gasteiger partial charge in [-0.15, -0.1) is 0 Å². The van der Waals surface area contributed by atoms with E-state index in [9.17, 15) is 14.4 Å². The normalized spacial score (nSPS) is 11.4. The van der Waals surface area contributed by atoms with Crippen molar-refractivity contribution < 1.29 is 28.6 Å². The van der Waals surface area contributed by atoms with E-state index in [2.05, 4.69) is 0 Å². The molecule has 0 aliphatic rings. The molecule has 7 heteroatoms. The molecule has 148 valence electrons. The standard InChI is InChI=1S/C21H23NO6/c1-12-5-6-15(9-13(12)2)20(24)14(3)28-21(25)16-7-8-17(18(10-16)26-4)27-11-19(22)23/h5-10,14H,11H2,1-4H3,(H2,22,23). The van der Waals surface area contributed by atoms with Crippen molar-refractivity contribution in [3.63, 3.8) is 0 Å². The van der Waals surface area contributed by atoms with Crippen LogP contribution in [0.15, 0.2) is 36.4 Å². The van der Waals surface area contributed by atoms with Crippen molar-refractivity contribution in [3.05, 3.63) is 58.7 Å². The molecule has 1 atom stereocenters. The third-order valence-corrected chi connectivity index (χ3v) is 4.21. The second-order valence-electron chi connectivity index (χ2n) is 6.33. The van der Waals surface area contributed by atoms with Gasteiger partial charge in [0, 0.05) is 5.56 Å². The number of ketones is 1. The number of ether oxygens (including phenoxy) is 3. The molecule has 0 spiro atoms. The smallest absolute Gasteiger partial charge is 0.338 e. The molecule has 0 aliphatic heterocycles. The summed E-state index contributed by atoms with van der Waals surface area (Å²) in [6, 6.07) is 9.67. The number of esters is 1. The Kier molecular flexibility index (Phi) is 6.76. The maximum absolute atomic E-state index is 12.5. The van der Waals surface area contributed by atoms with Crippen molar-refractivity contribution in [1.29, 1.82) is 0 Å². The van der Waals surface area contributed by atoms with Gasteiger partial charge >= 0.3 is 5.97 Å². The number of hydrogen-bond acceptors (Lipinski definition) is 6. The Morgan fingerprint density at radius 1 is 0.964 bits per heavy atom. The molecule has 2 rings (SSSR count). The monoisotopic (exact) mass is 385 g/mol. The summed E-state index contributed by atoms with van der Waals surface area (Å²) in [7, 11) is 1.40. The third kappa shape index (κ3) is 5.09. The Morgan fingerprint density at radius 2 is 1.64 bits per heavy atom. The maximum atomic E-state index is 12.5. The zero-order valence-corrected chi connectivity index (χ0v) is 16.3. The highest BCUT2D eigenvalue weighted by Crippen LogP contribution is 2.28. The molecule has 2 aromatic carbocycles. The maximum Gasteiger partial charge on any atom is 0.338 e. The summed E-state index contributed by atoms with van der Waals surface area (Å²) in [6.45, 7) is 5.08. The minimum atomic E-state index is -0.952. The quantitative estimate of drug-likeness (QED) is 0.553. The van der Waals surface area contributed by atoms with E-state index < -0.39 is 18.0 Å². The highest BCUT2D eigenvalue weighted by molar-refractivity contribution is 6.01. The summed E-state index contributed by atoms with van der Waals surface area (Å²) in [5, 5.41) is 0. The summed E-state index contributed by atoms with van der Waals surface area (Å²) in [6.07, 6.45) is -0.952. The van der Waals surface area contributed by atoms with Crippen LogP contribution in [-0.4, -0.2) is 37.5 Å². The Hall–Kier alpha value is -3.35. The highest BCUT2D eigenvalue weighted by atomic mass is 16.5. The number of amides is 1. The van der Waals surface area contributed by atoms with Crippen molar-refractivity contribution in [2.75, 3.05) is 13.7 Å². The summed E-state index contributed by atoms with van der Waals surface area (Å²) in [5.41, 5.74) is 7.78. The molecule has 2 N–H and O–H groups in total. The molecule has 0 aliphatic carbocycles. The Labute approximate surface area is 163 Å². The minimum absolute atomic E-state index is 0.183. The largest absolute Gasteiger partial charge is 0.493 e. The highest BCUT2D eigenvalue weighted by Gasteiger charge is 2.22. The number of nitrogens with two attached hydrogens (primary N) is 1. The first-order valence-electron chi connectivity index (χ1n) is 8.64. The fourth-order valence-corrected chi connectivity index (χ4v) is 2.47. The van der Waals surface area contributed by atoms with Crippen LogP contribution >= 0.6 is 0 Å². The number of primary amides is 1. The zero-order valence-electron chi connectivity index (χ0n) is 16.3. The van der Waals surface area contributed by atoms with E-state index in [1.54, 1.807) is 12.1 Å². The predicted molar refractivity (Wildman–Crippen MR) is 103 cm³/mol. The number of benzene rings is 2. The Balaban J connectivity index is 2.11. The first-order chi connectivity index (χ1) is 13.2. The van der Waals surface area contributed by atoms with Gasteiger partial charge in [0.2, 0.25) is 5.78 Å². The van der Waals surface area contributed by atoms with Gasteiger partial charge in [-0.2, -0.15) is 0 Å². The van der Waals surface area contributed by atoms with E-state index in [0.29, 0.717) is 5.56 Å². The zero-order chi connectivity index (χ0) is 20.8. The number of Topliss-reactive ketones (excluding diaryl/α,β-unsaturated/α-hetero) is 1. The van der Waals surface area contributed by atoms with Crippen molar-refractivity contribution in [3.8, 4) is 11.5 Å². The molecule has 0 saturated carbocycles. The lowest BCUT2D eigenvalue weighted by Crippen LogP contribution is -2.24. The van der Waals surface area contributed by atoms with E-state index >= 15 is 0 Å². The van der Waals surface area contributed by atoms with Gasteiger partial charge in [0.25, 0.3) is 5.91 Å². The fraction of sp³-hybridized carbons (Fsp3) is 0.286. The van der Waals surface area contributed by atoms with Crippen molar-refractivity contribution >= 4 is 17.7 Å². The summed E-state index contributed by atoms with van der Waals surface area (Å²) >= 11 is 0. The van der Waals surface area contributed by atoms with Gasteiger partial charge < -0.3 is 19.9 Å². The summed E-state index contributed by atoms with van der Waals surface area (Å²) in [4.78, 5) is 35.8. The molecule has 0 fully saturated rings. The molecule has 1 unspecified atom stereocenters. The Morgan fingerprint density at radius 3 is 2.25 bits per heavy atom. The second kappa shape index (κ2) is 9.03. The van der Waals surface area contributed by atoms with Crippen LogP contribution in [0, 0.1) is 13.8 Å². The van der Waals surface area contributed by atoms with E-state index in [4.69, 9.17) is 19.9 Å². The second-order valence-corrected chi connectivity index (χ2v) is 6.33. The number of aryl methyl sites for hydroxylation is 2. The lowest BCUT2D eigenvalue weighted by atomic mass is 10.0. The number of carbonyl (C=O) groups is 3. The molecule has 28 heavy (non-hydrogen) atoms. The average molecular weight is 385 g/mol. The summed E-state index contributed by atoms with van der Waals surface area (Å²) < 4.78 is 15.7. The van der Waals surface area contributed by atoms with Crippen LogP contribution in [0.5, 0.6) is 11.5 Å². The summed E-state index contributed by atoms with van der Waals surface area (Å²) in [5.74, 6) is -1.10. The first-order valence-corrected chi connectivity index (χ1v) is 8.64. The van der Waals surface area contributed by atoms with Crippen LogP contribution in [-0.2, 0) is 9.53 Å². The van der Waals surface area contributed by atoms with Crippen LogP contribution in [0.25, 0.3) is 0 Å². The fourth-order valence-electron chi connectivity index (χ4n) is 2.47. The first kappa shape index (κ1) is 21.0. The number of carbonyl (C=O) groups excluding carboxylic acids is 3. The topological polar surface area (TPSA) is 105 Å². The molecular formula is C21H23NO6. The van der Waals surface area contributed by atoms with Gasteiger partial charge in [0.05, 0.1) is 12.7 Å². The molecule has 1 amide bonds. The van der Waals surface area contributed by atoms with Crippen molar-refractivity contribution in [1.82, 2.24) is 0 Å². The van der Waals surface area contributed by atoms with Crippen LogP contribution in [0.3, 0.4) is 0 Å². The van der Waals surface area contributed by atoms with E-state index in [1.807, 2.05) is 19.9 Å². The van der Waals surface area contributed by atoms with Gasteiger partial charge in [-0.05, 0) is 56.2 Å². The van der Waals surface area contributed by atoms with E-state index in [1.165, 1.54) is 32.2 Å². The SMILES string of the molecule is COc1cc(C(=O)OC(C)C(=O)c2ccc(C)c(C)c2)ccc1OCC(N)=O. The molecule has 0 saturated heterocycles. The van der Waals surface area contributed by atoms with E-state index in [0.717, 1.165) is 11.1 Å². The number of methoxy groups -OCH3 is 1. The Bertz CT molecular complexity index is 906. The molecule has 7 nitrogen and oxygen atoms in total. The van der Waals surface area contributed by atoms with Crippen molar-refractivity contribution in [2.24, 2.45) is 5.73 Å². The third-order valence-electron chi connectivity index (χ3n) is 4.21. The molecule has 0 heterocycles. The van der Waals surface area contributed by atoms with Crippen LogP contribution in [0.2, 0.25) is 0 Å². The molecular weight excluding hydrogens is 362 g/mol. The van der Waals surface area contributed by atoms with Gasteiger partial charge in [-0.25, -0.2) is 4.79 Å². The van der Waals surface area contributed by atoms with Crippen LogP contribution < -0.4 is 15.2 Å². The molecule has 0 radical (unpaired) electrons. The van der Waals surface area contributed by atoms with Gasteiger partial charge in [0.15, 0.2) is 24.2 Å². The van der Waals surface area contributed by atoms with Crippen LogP contribution in [0.1, 0.15) is 38.8 Å². The van der Waals surface area contributed by atoms with Crippen molar-refractivity contribution in [2.45, 2.75) is 26.9 Å². The lowest BCUT2D eigenvalue weighted by molar-refractivity contribution is -0.119. The molecule has 0 aromatic heterocycles. The molecule has 2 aromatic rings. The number of rotatable bonds is 8. The van der Waals surface area contributed by atoms with Gasteiger partial charge in [-0.3, -0.25) is 9.59 Å². The van der Waals surface area contributed by atoms with Gasteiger partial charge in [0.1, 0.15) is 0 Å². The molecule has 0 bridgehead atoms. The van der Waals surface area contributed by atoms with Crippen LogP contribution in [0.4, 0.5) is 0 Å². The lowest BCUT2D eigenvalue weighted by Gasteiger charge is -2.14. The predicted octanol–water partition coefficient (Wildman–Crippen LogP) is 2.60. The number of hydrogen-bond donors (Lipinski definition) is 1. The van der Waals surface area contributed by atoms with E-state index in [-0.39, 0.29) is 29.5 Å².